The third-order valence-electron chi connectivity index (χ3n) is 10.7. The highest BCUT2D eigenvalue weighted by Gasteiger charge is 2.19. The molecule has 0 rings (SSSR count). The first kappa shape index (κ1) is 57.1. The fraction of sp³-hybridized carbons (Fsp3) is 0.759. The lowest BCUT2D eigenvalue weighted by molar-refractivity contribution is -0.167. The van der Waals surface area contributed by atoms with E-state index in [1.54, 1.807) is 0 Å². The molecular formula is C54H94O6. The maximum absolute atomic E-state index is 12.7. The van der Waals surface area contributed by atoms with Gasteiger partial charge in [0.15, 0.2) is 6.10 Å². The van der Waals surface area contributed by atoms with Crippen LogP contribution in [0.15, 0.2) is 60.8 Å². The minimum absolute atomic E-state index is 0.0876. The summed E-state index contributed by atoms with van der Waals surface area (Å²) in [5, 5.41) is 0. The van der Waals surface area contributed by atoms with Crippen molar-refractivity contribution in [2.24, 2.45) is 0 Å². The Morgan fingerprint density at radius 2 is 0.617 bits per heavy atom. The molecule has 6 heteroatoms. The number of ether oxygens (including phenoxy) is 3. The highest BCUT2D eigenvalue weighted by atomic mass is 16.6. The van der Waals surface area contributed by atoms with E-state index in [1.807, 2.05) is 0 Å². The van der Waals surface area contributed by atoms with E-state index in [4.69, 9.17) is 14.2 Å². The number of carbonyl (C=O) groups excluding carboxylic acids is 3. The van der Waals surface area contributed by atoms with E-state index in [-0.39, 0.29) is 31.1 Å². The first-order valence-corrected chi connectivity index (χ1v) is 25.3. The minimum atomic E-state index is -0.787. The summed E-state index contributed by atoms with van der Waals surface area (Å²) in [6, 6.07) is 0. The van der Waals surface area contributed by atoms with Crippen LogP contribution in [0, 0.1) is 0 Å². The summed E-state index contributed by atoms with van der Waals surface area (Å²) in [6.45, 7) is 6.53. The van der Waals surface area contributed by atoms with E-state index in [0.717, 1.165) is 89.9 Å². The Hall–Kier alpha value is -2.89. The third kappa shape index (κ3) is 46.2. The van der Waals surface area contributed by atoms with Crippen LogP contribution < -0.4 is 0 Å². The van der Waals surface area contributed by atoms with Crippen LogP contribution >= 0.6 is 0 Å². The maximum atomic E-state index is 12.7. The first-order valence-electron chi connectivity index (χ1n) is 25.3. The number of hydrogen-bond acceptors (Lipinski definition) is 6. The molecule has 0 radical (unpaired) electrons. The number of rotatable bonds is 45. The smallest absolute Gasteiger partial charge is 0.306 e. The van der Waals surface area contributed by atoms with Gasteiger partial charge in [-0.15, -0.1) is 0 Å². The van der Waals surface area contributed by atoms with Gasteiger partial charge in [-0.1, -0.05) is 204 Å². The molecule has 6 nitrogen and oxygen atoms in total. The van der Waals surface area contributed by atoms with Crippen LogP contribution in [-0.4, -0.2) is 37.2 Å². The Morgan fingerprint density at radius 3 is 1.05 bits per heavy atom. The van der Waals surface area contributed by atoms with E-state index in [2.05, 4.69) is 81.5 Å². The van der Waals surface area contributed by atoms with Gasteiger partial charge in [-0.05, 0) is 83.5 Å². The average Bonchev–Trinajstić information content (AvgIpc) is 3.24. The standard InChI is InChI=1S/C54H94O6/c1-4-7-10-13-16-19-22-24-25-26-27-28-29-30-33-35-38-41-44-47-53(56)59-50-51(49-58-52(55)46-43-40-37-34-31-21-18-15-12-9-6-3)60-54(57)48-45-42-39-36-32-23-20-17-14-11-8-5-2/h15-16,18-19,24-25,27-28,30,33,51H,4-14,17,20-23,26,29,31-32,34-50H2,1-3H3/b18-15-,19-16-,25-24-,28-27-,33-30-/t51-/m0/s1. The van der Waals surface area contributed by atoms with Crippen molar-refractivity contribution < 1.29 is 28.6 Å². The molecule has 0 spiro atoms. The van der Waals surface area contributed by atoms with Gasteiger partial charge in [0.05, 0.1) is 0 Å². The van der Waals surface area contributed by atoms with Crippen molar-refractivity contribution in [1.29, 1.82) is 0 Å². The molecule has 0 amide bonds. The van der Waals surface area contributed by atoms with Crippen LogP contribution in [0.1, 0.15) is 245 Å². The van der Waals surface area contributed by atoms with Gasteiger partial charge in [0.1, 0.15) is 13.2 Å². The van der Waals surface area contributed by atoms with Crippen molar-refractivity contribution in [3.63, 3.8) is 0 Å². The Kier molecular flexibility index (Phi) is 46.4. The highest BCUT2D eigenvalue weighted by Crippen LogP contribution is 2.14. The second-order valence-corrected chi connectivity index (χ2v) is 16.7. The van der Waals surface area contributed by atoms with E-state index in [1.165, 1.54) is 116 Å². The SMILES string of the molecule is CCCC/C=C\CCCCCCCC(=O)OC[C@@H](COC(=O)CCCCC/C=C\C/C=C\C/C=C\C/C=C\CCCCC)OC(=O)CCCCCCCCCCCCCC. The van der Waals surface area contributed by atoms with E-state index < -0.39 is 6.10 Å². The lowest BCUT2D eigenvalue weighted by Crippen LogP contribution is -2.30. The Balaban J connectivity index is 4.40. The third-order valence-corrected chi connectivity index (χ3v) is 10.7. The van der Waals surface area contributed by atoms with Crippen LogP contribution in [-0.2, 0) is 28.6 Å². The second kappa shape index (κ2) is 48.8. The molecule has 0 aliphatic rings. The van der Waals surface area contributed by atoms with Crippen molar-refractivity contribution in [3.05, 3.63) is 60.8 Å². The average molecular weight is 839 g/mol. The Morgan fingerprint density at radius 1 is 0.333 bits per heavy atom. The highest BCUT2D eigenvalue weighted by molar-refractivity contribution is 5.71. The fourth-order valence-corrected chi connectivity index (χ4v) is 6.88. The van der Waals surface area contributed by atoms with Gasteiger partial charge in [-0.3, -0.25) is 14.4 Å². The van der Waals surface area contributed by atoms with Crippen molar-refractivity contribution in [3.8, 4) is 0 Å². The summed E-state index contributed by atoms with van der Waals surface area (Å²) in [6.07, 6.45) is 59.1. The summed E-state index contributed by atoms with van der Waals surface area (Å²) in [5.41, 5.74) is 0. The van der Waals surface area contributed by atoms with Gasteiger partial charge in [0.2, 0.25) is 0 Å². The summed E-state index contributed by atoms with van der Waals surface area (Å²) < 4.78 is 16.7. The number of unbranched alkanes of at least 4 members (excludes halogenated alkanes) is 24. The molecule has 0 N–H and O–H groups in total. The van der Waals surface area contributed by atoms with Crippen LogP contribution in [0.3, 0.4) is 0 Å². The molecule has 0 aromatic carbocycles. The molecule has 0 saturated carbocycles. The Bertz CT molecular complexity index is 1100. The molecule has 0 aromatic heterocycles. The fourth-order valence-electron chi connectivity index (χ4n) is 6.88. The molecule has 60 heavy (non-hydrogen) atoms. The van der Waals surface area contributed by atoms with Crippen LogP contribution in [0.4, 0.5) is 0 Å². The van der Waals surface area contributed by atoms with Gasteiger partial charge in [-0.25, -0.2) is 0 Å². The minimum Gasteiger partial charge on any atom is -0.462 e. The molecule has 346 valence electrons. The first-order chi connectivity index (χ1) is 29.5. The molecule has 0 aromatic rings. The number of allylic oxidation sites excluding steroid dienone is 10. The van der Waals surface area contributed by atoms with Crippen LogP contribution in [0.25, 0.3) is 0 Å². The van der Waals surface area contributed by atoms with Gasteiger partial charge < -0.3 is 14.2 Å². The molecule has 0 aliphatic heterocycles. The predicted molar refractivity (Wildman–Crippen MR) is 256 cm³/mol. The quantitative estimate of drug-likeness (QED) is 0.0263. The second-order valence-electron chi connectivity index (χ2n) is 16.7. The van der Waals surface area contributed by atoms with Crippen molar-refractivity contribution in [2.75, 3.05) is 13.2 Å². The van der Waals surface area contributed by atoms with E-state index >= 15 is 0 Å². The van der Waals surface area contributed by atoms with E-state index in [9.17, 15) is 14.4 Å². The Labute approximate surface area is 370 Å². The molecule has 0 bridgehead atoms. The van der Waals surface area contributed by atoms with Gasteiger partial charge in [0.25, 0.3) is 0 Å². The van der Waals surface area contributed by atoms with E-state index in [0.29, 0.717) is 19.3 Å². The summed E-state index contributed by atoms with van der Waals surface area (Å²) in [5.74, 6) is -0.926. The molecule has 0 heterocycles. The molecule has 0 unspecified atom stereocenters. The number of hydrogen-bond donors (Lipinski definition) is 0. The molecular weight excluding hydrogens is 745 g/mol. The summed E-state index contributed by atoms with van der Waals surface area (Å²) in [4.78, 5) is 37.9. The lowest BCUT2D eigenvalue weighted by Gasteiger charge is -2.18. The lowest BCUT2D eigenvalue weighted by atomic mass is 10.0. The summed E-state index contributed by atoms with van der Waals surface area (Å²) >= 11 is 0. The van der Waals surface area contributed by atoms with Crippen LogP contribution in [0.2, 0.25) is 0 Å². The number of esters is 3. The molecule has 0 fully saturated rings. The largest absolute Gasteiger partial charge is 0.462 e. The van der Waals surface area contributed by atoms with Gasteiger partial charge in [0, 0.05) is 19.3 Å². The van der Waals surface area contributed by atoms with Gasteiger partial charge >= 0.3 is 17.9 Å². The zero-order valence-electron chi connectivity index (χ0n) is 39.5. The summed E-state index contributed by atoms with van der Waals surface area (Å²) in [7, 11) is 0. The predicted octanol–water partition coefficient (Wildman–Crippen LogP) is 16.5. The molecule has 0 aliphatic carbocycles. The zero-order valence-corrected chi connectivity index (χ0v) is 39.5. The monoisotopic (exact) mass is 839 g/mol. The van der Waals surface area contributed by atoms with Crippen molar-refractivity contribution in [1.82, 2.24) is 0 Å². The molecule has 0 saturated heterocycles. The molecule has 1 atom stereocenters. The normalized spacial score (nSPS) is 12.5. The topological polar surface area (TPSA) is 78.9 Å². The van der Waals surface area contributed by atoms with Crippen LogP contribution in [0.5, 0.6) is 0 Å². The van der Waals surface area contributed by atoms with Crippen molar-refractivity contribution >= 4 is 17.9 Å². The van der Waals surface area contributed by atoms with Crippen molar-refractivity contribution in [2.45, 2.75) is 252 Å². The van der Waals surface area contributed by atoms with Gasteiger partial charge in [-0.2, -0.15) is 0 Å². The zero-order chi connectivity index (χ0) is 43.7. The maximum Gasteiger partial charge on any atom is 0.306 e. The number of carbonyl (C=O) groups is 3.